The summed E-state index contributed by atoms with van der Waals surface area (Å²) in [6.45, 7) is 3.66. The molecule has 0 aliphatic rings. The average Bonchev–Trinajstić information content (AvgIpc) is 2.34. The van der Waals surface area contributed by atoms with Gasteiger partial charge in [0.1, 0.15) is 0 Å². The Labute approximate surface area is 113 Å². The Morgan fingerprint density at radius 2 is 1.72 bits per heavy atom. The van der Waals surface area contributed by atoms with E-state index in [0.717, 1.165) is 16.9 Å². The van der Waals surface area contributed by atoms with Crippen molar-refractivity contribution in [3.8, 4) is 0 Å². The van der Waals surface area contributed by atoms with Crippen LogP contribution < -0.4 is 10.6 Å². The van der Waals surface area contributed by atoms with Crippen molar-refractivity contribution in [3.63, 3.8) is 0 Å². The van der Waals surface area contributed by atoms with Crippen LogP contribution in [0.25, 0.3) is 0 Å². The van der Waals surface area contributed by atoms with E-state index in [1.165, 1.54) is 0 Å². The maximum Gasteiger partial charge on any atom is 0.225 e. The van der Waals surface area contributed by atoms with Crippen LogP contribution in [-0.4, -0.2) is 17.6 Å². The quantitative estimate of drug-likeness (QED) is 0.717. The molecule has 5 heteroatoms. The van der Waals surface area contributed by atoms with Gasteiger partial charge in [0.25, 0.3) is 0 Å². The van der Waals surface area contributed by atoms with Crippen LogP contribution in [0.2, 0.25) is 0 Å². The molecule has 0 unspecified atom stereocenters. The van der Waals surface area contributed by atoms with E-state index in [1.54, 1.807) is 13.0 Å². The normalized spacial score (nSPS) is 9.94. The van der Waals surface area contributed by atoms with E-state index in [-0.39, 0.29) is 11.8 Å². The van der Waals surface area contributed by atoms with Gasteiger partial charge in [0.2, 0.25) is 11.8 Å². The van der Waals surface area contributed by atoms with Gasteiger partial charge in [-0.3, -0.25) is 9.59 Å². The van der Waals surface area contributed by atoms with Gasteiger partial charge in [0.05, 0.1) is 0 Å². The molecule has 18 heavy (non-hydrogen) atoms. The second kappa shape index (κ2) is 7.06. The van der Waals surface area contributed by atoms with E-state index in [1.807, 2.05) is 19.1 Å². The van der Waals surface area contributed by atoms with Crippen molar-refractivity contribution < 1.29 is 9.59 Å². The van der Waals surface area contributed by atoms with Crippen LogP contribution in [0.4, 0.5) is 11.4 Å². The second-order valence-electron chi connectivity index (χ2n) is 3.90. The first-order valence-electron chi connectivity index (χ1n) is 5.88. The number of hydrogen-bond donors (Lipinski definition) is 3. The van der Waals surface area contributed by atoms with E-state index >= 15 is 0 Å². The lowest BCUT2D eigenvalue weighted by Gasteiger charge is -2.12. The van der Waals surface area contributed by atoms with Crippen LogP contribution in [0.1, 0.15) is 25.3 Å². The molecule has 0 bridgehead atoms. The monoisotopic (exact) mass is 266 g/mol. The van der Waals surface area contributed by atoms with Gasteiger partial charge in [0.15, 0.2) is 0 Å². The molecule has 0 atom stereocenters. The van der Waals surface area contributed by atoms with Crippen LogP contribution >= 0.6 is 12.6 Å². The van der Waals surface area contributed by atoms with Gasteiger partial charge in [-0.2, -0.15) is 12.6 Å². The van der Waals surface area contributed by atoms with E-state index in [0.29, 0.717) is 18.6 Å². The molecule has 0 saturated heterocycles. The van der Waals surface area contributed by atoms with Crippen molar-refractivity contribution >= 4 is 35.8 Å². The Kier molecular flexibility index (Phi) is 5.71. The number of anilines is 2. The molecule has 0 fully saturated rings. The molecule has 0 spiro atoms. The molecule has 1 aromatic rings. The van der Waals surface area contributed by atoms with Gasteiger partial charge in [-0.1, -0.05) is 13.0 Å². The van der Waals surface area contributed by atoms with Crippen molar-refractivity contribution in [2.75, 3.05) is 16.4 Å². The minimum absolute atomic E-state index is 0.0445. The number of benzene rings is 1. The topological polar surface area (TPSA) is 58.2 Å². The lowest BCUT2D eigenvalue weighted by atomic mass is 10.1. The zero-order valence-corrected chi connectivity index (χ0v) is 11.5. The summed E-state index contributed by atoms with van der Waals surface area (Å²) in [6, 6.07) is 5.43. The minimum atomic E-state index is -0.0768. The zero-order valence-electron chi connectivity index (χ0n) is 10.6. The maximum atomic E-state index is 11.5. The van der Waals surface area contributed by atoms with Crippen LogP contribution in [0, 0.1) is 6.92 Å². The van der Waals surface area contributed by atoms with E-state index < -0.39 is 0 Å². The summed E-state index contributed by atoms with van der Waals surface area (Å²) < 4.78 is 0. The third kappa shape index (κ3) is 4.07. The predicted molar refractivity (Wildman–Crippen MR) is 77.2 cm³/mol. The Morgan fingerprint density at radius 3 is 2.22 bits per heavy atom. The molecule has 0 aliphatic carbocycles. The molecule has 0 aliphatic heterocycles. The summed E-state index contributed by atoms with van der Waals surface area (Å²) in [7, 11) is 0. The molecule has 0 radical (unpaired) electrons. The van der Waals surface area contributed by atoms with Gasteiger partial charge < -0.3 is 10.6 Å². The molecule has 98 valence electrons. The van der Waals surface area contributed by atoms with E-state index in [9.17, 15) is 9.59 Å². The smallest absolute Gasteiger partial charge is 0.225 e. The van der Waals surface area contributed by atoms with Crippen molar-refractivity contribution in [1.82, 2.24) is 0 Å². The van der Waals surface area contributed by atoms with Crippen LogP contribution in [-0.2, 0) is 9.59 Å². The van der Waals surface area contributed by atoms with Gasteiger partial charge in [-0.05, 0) is 30.4 Å². The van der Waals surface area contributed by atoms with E-state index in [4.69, 9.17) is 0 Å². The zero-order chi connectivity index (χ0) is 13.5. The summed E-state index contributed by atoms with van der Waals surface area (Å²) >= 11 is 4.01. The van der Waals surface area contributed by atoms with Crippen molar-refractivity contribution in [3.05, 3.63) is 23.8 Å². The summed E-state index contributed by atoms with van der Waals surface area (Å²) in [6.07, 6.45) is 0.795. The lowest BCUT2D eigenvalue weighted by molar-refractivity contribution is -0.116. The lowest BCUT2D eigenvalue weighted by Crippen LogP contribution is -2.15. The predicted octanol–water partition coefficient (Wildman–Crippen LogP) is 2.60. The van der Waals surface area contributed by atoms with Crippen LogP contribution in [0.3, 0.4) is 0 Å². The molecule has 4 nitrogen and oxygen atoms in total. The fourth-order valence-corrected chi connectivity index (χ4v) is 1.66. The van der Waals surface area contributed by atoms with Gasteiger partial charge in [-0.25, -0.2) is 0 Å². The molecule has 0 saturated carbocycles. The van der Waals surface area contributed by atoms with E-state index in [2.05, 4.69) is 23.3 Å². The molecule has 0 heterocycles. The Hall–Kier alpha value is -1.49. The van der Waals surface area contributed by atoms with Crippen LogP contribution in [0.5, 0.6) is 0 Å². The molecule has 2 N–H and O–H groups in total. The highest BCUT2D eigenvalue weighted by atomic mass is 32.1. The molecule has 2 amide bonds. The second-order valence-corrected chi connectivity index (χ2v) is 4.35. The highest BCUT2D eigenvalue weighted by Crippen LogP contribution is 2.23. The molecule has 1 aromatic carbocycles. The molecular weight excluding hydrogens is 248 g/mol. The first-order chi connectivity index (χ1) is 8.58. The number of amides is 2. The largest absolute Gasteiger partial charge is 0.326 e. The Bertz CT molecular complexity index is 447. The number of rotatable bonds is 5. The third-order valence-electron chi connectivity index (χ3n) is 2.54. The summed E-state index contributed by atoms with van der Waals surface area (Å²) in [4.78, 5) is 22.9. The number of nitrogens with one attached hydrogen (secondary N) is 2. The summed E-state index contributed by atoms with van der Waals surface area (Å²) in [5.74, 6) is 0.390. The number of hydrogen-bond acceptors (Lipinski definition) is 3. The van der Waals surface area contributed by atoms with Crippen molar-refractivity contribution in [2.24, 2.45) is 0 Å². The Balaban J connectivity index is 2.84. The van der Waals surface area contributed by atoms with Crippen LogP contribution in [0.15, 0.2) is 18.2 Å². The average molecular weight is 266 g/mol. The minimum Gasteiger partial charge on any atom is -0.326 e. The maximum absolute atomic E-state index is 11.5. The molecular formula is C13H18N2O2S. The number of thiol groups is 1. The van der Waals surface area contributed by atoms with Gasteiger partial charge in [-0.15, -0.1) is 0 Å². The SMILES string of the molecule is CCC(=O)Nc1cccc(NC(=O)CCS)c1C. The van der Waals surface area contributed by atoms with Crippen molar-refractivity contribution in [2.45, 2.75) is 26.7 Å². The highest BCUT2D eigenvalue weighted by Gasteiger charge is 2.08. The first-order valence-corrected chi connectivity index (χ1v) is 6.52. The number of carbonyl (C=O) groups excluding carboxylic acids is 2. The standard InChI is InChI=1S/C13H18N2O2S/c1-3-12(16)14-10-5-4-6-11(9(10)2)15-13(17)7-8-18/h4-6,18H,3,7-8H2,1-2H3,(H,14,16)(H,15,17). The van der Waals surface area contributed by atoms with Crippen molar-refractivity contribution in [1.29, 1.82) is 0 Å². The number of carbonyl (C=O) groups is 2. The summed E-state index contributed by atoms with van der Waals surface area (Å²) in [5.41, 5.74) is 2.30. The fraction of sp³-hybridized carbons (Fsp3) is 0.385. The third-order valence-corrected chi connectivity index (χ3v) is 2.77. The first kappa shape index (κ1) is 14.6. The Morgan fingerprint density at radius 1 is 1.17 bits per heavy atom. The van der Waals surface area contributed by atoms with Gasteiger partial charge >= 0.3 is 0 Å². The molecule has 1 rings (SSSR count). The van der Waals surface area contributed by atoms with Gasteiger partial charge in [0, 0.05) is 24.2 Å². The highest BCUT2D eigenvalue weighted by molar-refractivity contribution is 7.80. The summed E-state index contributed by atoms with van der Waals surface area (Å²) in [5, 5.41) is 5.60. The fourth-order valence-electron chi connectivity index (χ4n) is 1.46. The molecule has 0 aromatic heterocycles.